The second kappa shape index (κ2) is 4.26. The lowest BCUT2D eigenvalue weighted by Gasteiger charge is -2.01. The Kier molecular flexibility index (Phi) is 2.81. The Morgan fingerprint density at radius 1 is 1.38 bits per heavy atom. The van der Waals surface area contributed by atoms with Gasteiger partial charge in [0, 0.05) is 12.6 Å². The lowest BCUT2D eigenvalue weighted by Crippen LogP contribution is -2.18. The summed E-state index contributed by atoms with van der Waals surface area (Å²) in [6, 6.07) is 5.58. The van der Waals surface area contributed by atoms with Crippen molar-refractivity contribution >= 4 is 12.0 Å². The van der Waals surface area contributed by atoms with Crippen LogP contribution in [0.25, 0.3) is 6.08 Å². The van der Waals surface area contributed by atoms with Crippen molar-refractivity contribution in [3.8, 4) is 11.5 Å². The number of carbonyl (C=O) groups is 1. The second-order valence-electron chi connectivity index (χ2n) is 3.52. The monoisotopic (exact) mass is 219 g/mol. The minimum absolute atomic E-state index is 0.0855. The first-order chi connectivity index (χ1) is 7.70. The first-order valence-electron chi connectivity index (χ1n) is 5.01. The lowest BCUT2D eigenvalue weighted by atomic mass is 10.1. The van der Waals surface area contributed by atoms with Gasteiger partial charge in [-0.05, 0) is 30.7 Å². The zero-order valence-electron chi connectivity index (χ0n) is 9.24. The molecule has 0 bridgehead atoms. The number of nitrogens with one attached hydrogen (secondary N) is 1. The zero-order valence-corrected chi connectivity index (χ0v) is 9.24. The van der Waals surface area contributed by atoms with E-state index in [9.17, 15) is 4.79 Å². The van der Waals surface area contributed by atoms with Crippen LogP contribution in [0.2, 0.25) is 0 Å². The fourth-order valence-electron chi connectivity index (χ4n) is 1.52. The largest absolute Gasteiger partial charge is 0.454 e. The van der Waals surface area contributed by atoms with Crippen LogP contribution in [0.4, 0.5) is 0 Å². The quantitative estimate of drug-likeness (QED) is 0.768. The Morgan fingerprint density at radius 2 is 2.12 bits per heavy atom. The Labute approximate surface area is 93.9 Å². The summed E-state index contributed by atoms with van der Waals surface area (Å²) in [5.74, 6) is 1.38. The molecule has 1 aliphatic heterocycles. The molecule has 1 aromatic carbocycles. The third kappa shape index (κ3) is 2.00. The van der Waals surface area contributed by atoms with Gasteiger partial charge in [0.1, 0.15) is 0 Å². The predicted molar refractivity (Wildman–Crippen MR) is 60.3 cm³/mol. The van der Waals surface area contributed by atoms with Gasteiger partial charge in [-0.2, -0.15) is 0 Å². The number of ether oxygens (including phenoxy) is 2. The van der Waals surface area contributed by atoms with Crippen molar-refractivity contribution in [1.29, 1.82) is 0 Å². The highest BCUT2D eigenvalue weighted by Gasteiger charge is 2.12. The van der Waals surface area contributed by atoms with Crippen LogP contribution in [0.1, 0.15) is 12.5 Å². The molecule has 1 aliphatic rings. The smallest absolute Gasteiger partial charge is 0.246 e. The van der Waals surface area contributed by atoms with Crippen molar-refractivity contribution in [3.63, 3.8) is 0 Å². The molecule has 1 N–H and O–H groups in total. The van der Waals surface area contributed by atoms with Crippen molar-refractivity contribution in [3.05, 3.63) is 29.3 Å². The van der Waals surface area contributed by atoms with Crippen LogP contribution < -0.4 is 14.8 Å². The Morgan fingerprint density at radius 3 is 2.88 bits per heavy atom. The average Bonchev–Trinajstić information content (AvgIpc) is 2.75. The number of likely N-dealkylation sites (N-methyl/N-ethyl adjacent to an activating group) is 1. The van der Waals surface area contributed by atoms with E-state index in [2.05, 4.69) is 5.32 Å². The van der Waals surface area contributed by atoms with E-state index >= 15 is 0 Å². The van der Waals surface area contributed by atoms with Gasteiger partial charge >= 0.3 is 0 Å². The summed E-state index contributed by atoms with van der Waals surface area (Å²) in [6.45, 7) is 2.03. The number of benzene rings is 1. The van der Waals surface area contributed by atoms with Gasteiger partial charge in [0.25, 0.3) is 0 Å². The fraction of sp³-hybridized carbons (Fsp3) is 0.250. The third-order valence-corrected chi connectivity index (χ3v) is 2.37. The highest BCUT2D eigenvalue weighted by Crippen LogP contribution is 2.32. The molecule has 0 aliphatic carbocycles. The number of hydrogen-bond acceptors (Lipinski definition) is 3. The van der Waals surface area contributed by atoms with Crippen LogP contribution in [0.3, 0.4) is 0 Å². The van der Waals surface area contributed by atoms with E-state index in [-0.39, 0.29) is 12.7 Å². The minimum Gasteiger partial charge on any atom is -0.454 e. The maximum atomic E-state index is 11.3. The van der Waals surface area contributed by atoms with E-state index in [1.165, 1.54) is 0 Å². The summed E-state index contributed by atoms with van der Waals surface area (Å²) in [6.07, 6.45) is 1.81. The number of hydrogen-bond donors (Lipinski definition) is 1. The summed E-state index contributed by atoms with van der Waals surface area (Å²) in [5.41, 5.74) is 1.58. The molecule has 84 valence electrons. The maximum absolute atomic E-state index is 11.3. The van der Waals surface area contributed by atoms with E-state index in [1.807, 2.05) is 18.2 Å². The third-order valence-electron chi connectivity index (χ3n) is 2.37. The molecule has 0 unspecified atom stereocenters. The highest BCUT2D eigenvalue weighted by atomic mass is 16.7. The molecule has 1 aromatic rings. The molecular formula is C12H13NO3. The van der Waals surface area contributed by atoms with Crippen molar-refractivity contribution in [2.75, 3.05) is 13.8 Å². The fourth-order valence-corrected chi connectivity index (χ4v) is 1.52. The Bertz CT molecular complexity index is 452. The minimum atomic E-state index is -0.0855. The molecule has 16 heavy (non-hydrogen) atoms. The first-order valence-corrected chi connectivity index (χ1v) is 5.01. The molecule has 0 saturated heterocycles. The summed E-state index contributed by atoms with van der Waals surface area (Å²) in [7, 11) is 1.61. The summed E-state index contributed by atoms with van der Waals surface area (Å²) < 4.78 is 10.5. The van der Waals surface area contributed by atoms with Crippen molar-refractivity contribution in [2.45, 2.75) is 6.92 Å². The van der Waals surface area contributed by atoms with Gasteiger partial charge in [-0.15, -0.1) is 0 Å². The molecule has 4 nitrogen and oxygen atoms in total. The van der Waals surface area contributed by atoms with Crippen LogP contribution in [0.15, 0.2) is 23.8 Å². The second-order valence-corrected chi connectivity index (χ2v) is 3.52. The van der Waals surface area contributed by atoms with Gasteiger partial charge in [0.15, 0.2) is 11.5 Å². The molecule has 0 aromatic heterocycles. The number of amides is 1. The van der Waals surface area contributed by atoms with Crippen LogP contribution in [-0.4, -0.2) is 19.7 Å². The van der Waals surface area contributed by atoms with Crippen LogP contribution in [0.5, 0.6) is 11.5 Å². The maximum Gasteiger partial charge on any atom is 0.246 e. The topological polar surface area (TPSA) is 47.6 Å². The number of carbonyl (C=O) groups excluding carboxylic acids is 1. The normalized spacial score (nSPS) is 13.8. The van der Waals surface area contributed by atoms with Gasteiger partial charge in [-0.1, -0.05) is 6.07 Å². The van der Waals surface area contributed by atoms with Crippen LogP contribution >= 0.6 is 0 Å². The standard InChI is InChI=1S/C12H13NO3/c1-8(12(14)13-2)5-9-3-4-10-11(6-9)16-7-15-10/h3-6H,7H2,1-2H3,(H,13,14)/b8-5+. The van der Waals surface area contributed by atoms with Gasteiger partial charge in [0.05, 0.1) is 0 Å². The Hall–Kier alpha value is -1.97. The molecule has 4 heteroatoms. The molecule has 0 fully saturated rings. The highest BCUT2D eigenvalue weighted by molar-refractivity contribution is 5.97. The molecule has 0 radical (unpaired) electrons. The molecular weight excluding hydrogens is 206 g/mol. The van der Waals surface area contributed by atoms with Crippen molar-refractivity contribution in [1.82, 2.24) is 5.32 Å². The summed E-state index contributed by atoms with van der Waals surface area (Å²) in [5, 5.41) is 2.57. The number of fused-ring (bicyclic) bond motifs is 1. The van der Waals surface area contributed by atoms with Crippen LogP contribution in [-0.2, 0) is 4.79 Å². The average molecular weight is 219 g/mol. The van der Waals surface area contributed by atoms with Gasteiger partial charge < -0.3 is 14.8 Å². The number of rotatable bonds is 2. The van der Waals surface area contributed by atoms with Crippen molar-refractivity contribution in [2.24, 2.45) is 0 Å². The lowest BCUT2D eigenvalue weighted by molar-refractivity contribution is -0.116. The van der Waals surface area contributed by atoms with E-state index in [1.54, 1.807) is 20.0 Å². The molecule has 2 rings (SSSR count). The SMILES string of the molecule is CNC(=O)/C(C)=C/c1ccc2c(c1)OCO2. The predicted octanol–water partition coefficient (Wildman–Crippen LogP) is 1.56. The molecule has 0 atom stereocenters. The molecule has 1 heterocycles. The van der Waals surface area contributed by atoms with Gasteiger partial charge in [-0.3, -0.25) is 4.79 Å². The van der Waals surface area contributed by atoms with Gasteiger partial charge in [-0.25, -0.2) is 0 Å². The zero-order chi connectivity index (χ0) is 11.5. The summed E-state index contributed by atoms with van der Waals surface area (Å²) >= 11 is 0. The summed E-state index contributed by atoms with van der Waals surface area (Å²) in [4.78, 5) is 11.3. The van der Waals surface area contributed by atoms with E-state index < -0.39 is 0 Å². The molecule has 1 amide bonds. The van der Waals surface area contributed by atoms with E-state index in [0.29, 0.717) is 5.57 Å². The molecule has 0 saturated carbocycles. The Balaban J connectivity index is 2.25. The van der Waals surface area contributed by atoms with E-state index in [0.717, 1.165) is 17.1 Å². The van der Waals surface area contributed by atoms with E-state index in [4.69, 9.17) is 9.47 Å². The van der Waals surface area contributed by atoms with Crippen molar-refractivity contribution < 1.29 is 14.3 Å². The van der Waals surface area contributed by atoms with Crippen LogP contribution in [0, 0.1) is 0 Å². The molecule has 0 spiro atoms. The van der Waals surface area contributed by atoms with Gasteiger partial charge in [0.2, 0.25) is 12.7 Å². The first kappa shape index (κ1) is 10.5.